The SMILES string of the molecule is Cn1cc(-c2ccc3[nH]nc(-c4cc5c(-c6ccccn6)cccc5[nH]4)c3n2)cn1. The van der Waals surface area contributed by atoms with Gasteiger partial charge in [0, 0.05) is 41.5 Å². The number of hydrogen-bond acceptors (Lipinski definition) is 4. The van der Waals surface area contributed by atoms with Crippen LogP contribution in [-0.2, 0) is 7.05 Å². The molecular formula is C23H17N7. The molecule has 0 saturated carbocycles. The van der Waals surface area contributed by atoms with Crippen LogP contribution in [0.4, 0.5) is 0 Å². The van der Waals surface area contributed by atoms with Crippen LogP contribution in [0.2, 0.25) is 0 Å². The molecule has 2 N–H and O–H groups in total. The first-order valence-corrected chi connectivity index (χ1v) is 9.64. The van der Waals surface area contributed by atoms with Crippen LogP contribution in [-0.4, -0.2) is 34.9 Å². The summed E-state index contributed by atoms with van der Waals surface area (Å²) in [5, 5.41) is 13.0. The highest BCUT2D eigenvalue weighted by molar-refractivity contribution is 6.00. The Balaban J connectivity index is 1.52. The predicted molar refractivity (Wildman–Crippen MR) is 117 cm³/mol. The summed E-state index contributed by atoms with van der Waals surface area (Å²) in [6.07, 6.45) is 5.58. The number of fused-ring (bicyclic) bond motifs is 2. The molecule has 5 heterocycles. The van der Waals surface area contributed by atoms with Crippen LogP contribution in [0.5, 0.6) is 0 Å². The van der Waals surface area contributed by atoms with Crippen LogP contribution in [0.3, 0.4) is 0 Å². The Labute approximate surface area is 171 Å². The Morgan fingerprint density at radius 3 is 2.73 bits per heavy atom. The zero-order valence-corrected chi connectivity index (χ0v) is 16.2. The summed E-state index contributed by atoms with van der Waals surface area (Å²) in [6, 6.07) is 18.2. The van der Waals surface area contributed by atoms with Gasteiger partial charge in [-0.25, -0.2) is 4.98 Å². The van der Waals surface area contributed by atoms with Crippen LogP contribution >= 0.6 is 0 Å². The summed E-state index contributed by atoms with van der Waals surface area (Å²) >= 11 is 0. The summed E-state index contributed by atoms with van der Waals surface area (Å²) in [7, 11) is 1.90. The lowest BCUT2D eigenvalue weighted by Gasteiger charge is -2.01. The van der Waals surface area contributed by atoms with Gasteiger partial charge >= 0.3 is 0 Å². The van der Waals surface area contributed by atoms with Gasteiger partial charge in [-0.1, -0.05) is 18.2 Å². The fourth-order valence-corrected chi connectivity index (χ4v) is 3.83. The van der Waals surface area contributed by atoms with Crippen molar-refractivity contribution < 1.29 is 0 Å². The van der Waals surface area contributed by atoms with Crippen molar-refractivity contribution in [3.05, 3.63) is 73.2 Å². The Bertz CT molecular complexity index is 1510. The van der Waals surface area contributed by atoms with E-state index in [0.29, 0.717) is 0 Å². The standard InChI is InChI=1S/C23H17N7/c1-30-13-14(12-25-30)17-8-9-20-22(27-17)23(29-28-20)21-11-16-15(5-4-7-19(16)26-21)18-6-2-3-10-24-18/h2-13,26H,1H3,(H,28,29). The predicted octanol–water partition coefficient (Wildman–Crippen LogP) is 4.57. The smallest absolute Gasteiger partial charge is 0.135 e. The molecular weight excluding hydrogens is 374 g/mol. The molecule has 7 heteroatoms. The average molecular weight is 391 g/mol. The highest BCUT2D eigenvalue weighted by Crippen LogP contribution is 2.33. The Kier molecular flexibility index (Phi) is 3.55. The maximum Gasteiger partial charge on any atom is 0.135 e. The molecule has 0 spiro atoms. The summed E-state index contributed by atoms with van der Waals surface area (Å²) in [4.78, 5) is 12.9. The lowest BCUT2D eigenvalue weighted by molar-refractivity contribution is 0.768. The molecule has 6 rings (SSSR count). The number of aromatic nitrogens is 7. The first-order valence-electron chi connectivity index (χ1n) is 9.64. The van der Waals surface area contributed by atoms with E-state index in [1.54, 1.807) is 4.68 Å². The lowest BCUT2D eigenvalue weighted by atomic mass is 10.1. The Morgan fingerprint density at radius 1 is 0.933 bits per heavy atom. The number of nitrogens with one attached hydrogen (secondary N) is 2. The van der Waals surface area contributed by atoms with E-state index < -0.39 is 0 Å². The quantitative estimate of drug-likeness (QED) is 0.463. The van der Waals surface area contributed by atoms with Crippen molar-refractivity contribution in [1.82, 2.24) is 34.9 Å². The van der Waals surface area contributed by atoms with E-state index in [1.807, 2.05) is 62.0 Å². The average Bonchev–Trinajstić information content (AvgIpc) is 3.50. The second kappa shape index (κ2) is 6.38. The molecule has 0 saturated heterocycles. The fraction of sp³-hybridized carbons (Fsp3) is 0.0435. The number of benzene rings is 1. The molecule has 144 valence electrons. The van der Waals surface area contributed by atoms with E-state index in [0.717, 1.165) is 55.8 Å². The van der Waals surface area contributed by atoms with Crippen molar-refractivity contribution >= 4 is 21.9 Å². The topological polar surface area (TPSA) is 88.1 Å². The second-order valence-corrected chi connectivity index (χ2v) is 7.23. The third-order valence-electron chi connectivity index (χ3n) is 5.27. The van der Waals surface area contributed by atoms with Crippen molar-refractivity contribution in [2.24, 2.45) is 7.05 Å². The molecule has 0 bridgehead atoms. The van der Waals surface area contributed by atoms with Gasteiger partial charge in [-0.05, 0) is 36.4 Å². The zero-order valence-electron chi connectivity index (χ0n) is 16.2. The Morgan fingerprint density at radius 2 is 1.90 bits per heavy atom. The van der Waals surface area contributed by atoms with Crippen molar-refractivity contribution in [3.8, 4) is 33.9 Å². The molecule has 0 amide bonds. The first kappa shape index (κ1) is 16.7. The third kappa shape index (κ3) is 2.60. The number of rotatable bonds is 3. The van der Waals surface area contributed by atoms with Gasteiger partial charge in [0.15, 0.2) is 0 Å². The van der Waals surface area contributed by atoms with Crippen LogP contribution in [0.15, 0.2) is 73.2 Å². The summed E-state index contributed by atoms with van der Waals surface area (Å²) in [5.41, 5.74) is 8.31. The summed E-state index contributed by atoms with van der Waals surface area (Å²) < 4.78 is 1.77. The molecule has 7 nitrogen and oxygen atoms in total. The maximum absolute atomic E-state index is 4.87. The molecule has 30 heavy (non-hydrogen) atoms. The number of nitrogens with zero attached hydrogens (tertiary/aromatic N) is 5. The highest BCUT2D eigenvalue weighted by Gasteiger charge is 2.15. The molecule has 0 aliphatic rings. The summed E-state index contributed by atoms with van der Waals surface area (Å²) in [5.74, 6) is 0. The van der Waals surface area contributed by atoms with Crippen LogP contribution in [0.1, 0.15) is 0 Å². The van der Waals surface area contributed by atoms with E-state index in [2.05, 4.69) is 43.5 Å². The van der Waals surface area contributed by atoms with Gasteiger partial charge in [0.25, 0.3) is 0 Å². The molecule has 6 aromatic rings. The van der Waals surface area contributed by atoms with Gasteiger partial charge in [0.05, 0.1) is 28.8 Å². The maximum atomic E-state index is 4.87. The van der Waals surface area contributed by atoms with Crippen molar-refractivity contribution in [2.75, 3.05) is 0 Å². The highest BCUT2D eigenvalue weighted by atomic mass is 15.2. The normalized spacial score (nSPS) is 11.5. The number of H-pyrrole nitrogens is 2. The lowest BCUT2D eigenvalue weighted by Crippen LogP contribution is -1.86. The van der Waals surface area contributed by atoms with Gasteiger partial charge in [-0.2, -0.15) is 10.2 Å². The second-order valence-electron chi connectivity index (χ2n) is 7.23. The zero-order chi connectivity index (χ0) is 20.1. The molecule has 0 atom stereocenters. The van der Waals surface area contributed by atoms with Crippen molar-refractivity contribution in [1.29, 1.82) is 0 Å². The van der Waals surface area contributed by atoms with E-state index >= 15 is 0 Å². The van der Waals surface area contributed by atoms with Crippen LogP contribution in [0, 0.1) is 0 Å². The minimum atomic E-state index is 0.791. The van der Waals surface area contributed by atoms with E-state index in [1.165, 1.54) is 0 Å². The monoisotopic (exact) mass is 391 g/mol. The minimum Gasteiger partial charge on any atom is -0.353 e. The number of aryl methyl sites for hydroxylation is 1. The van der Waals surface area contributed by atoms with Crippen molar-refractivity contribution in [2.45, 2.75) is 0 Å². The van der Waals surface area contributed by atoms with Gasteiger partial charge in [0.2, 0.25) is 0 Å². The van der Waals surface area contributed by atoms with Crippen molar-refractivity contribution in [3.63, 3.8) is 0 Å². The largest absolute Gasteiger partial charge is 0.353 e. The van der Waals surface area contributed by atoms with Gasteiger partial charge in [-0.3, -0.25) is 14.8 Å². The summed E-state index contributed by atoms with van der Waals surface area (Å²) in [6.45, 7) is 0. The molecule has 1 aromatic carbocycles. The van der Waals surface area contributed by atoms with Crippen LogP contribution in [0.25, 0.3) is 55.8 Å². The Hall–Kier alpha value is -4.26. The molecule has 5 aromatic heterocycles. The molecule has 0 aliphatic heterocycles. The van der Waals surface area contributed by atoms with Gasteiger partial charge in [0.1, 0.15) is 11.2 Å². The molecule has 0 fully saturated rings. The van der Waals surface area contributed by atoms with E-state index in [9.17, 15) is 0 Å². The third-order valence-corrected chi connectivity index (χ3v) is 5.27. The van der Waals surface area contributed by atoms with E-state index in [4.69, 9.17) is 4.98 Å². The molecule has 0 aliphatic carbocycles. The first-order chi connectivity index (χ1) is 14.8. The molecule has 0 radical (unpaired) electrons. The number of pyridine rings is 2. The number of hydrogen-bond donors (Lipinski definition) is 2. The fourth-order valence-electron chi connectivity index (χ4n) is 3.83. The van der Waals surface area contributed by atoms with E-state index in [-0.39, 0.29) is 0 Å². The van der Waals surface area contributed by atoms with Gasteiger partial charge < -0.3 is 4.98 Å². The number of aromatic amines is 2. The molecule has 0 unspecified atom stereocenters. The van der Waals surface area contributed by atoms with Gasteiger partial charge in [-0.15, -0.1) is 0 Å². The minimum absolute atomic E-state index is 0.791. The van der Waals surface area contributed by atoms with Crippen LogP contribution < -0.4 is 0 Å².